The number of terminal acetylenes is 1. The second kappa shape index (κ2) is 4.48. The molecule has 14 heavy (non-hydrogen) atoms. The zero-order chi connectivity index (χ0) is 10.6. The van der Waals surface area contributed by atoms with E-state index in [1.54, 1.807) is 6.07 Å². The van der Waals surface area contributed by atoms with E-state index >= 15 is 0 Å². The van der Waals surface area contributed by atoms with Gasteiger partial charge in [-0.3, -0.25) is 4.79 Å². The van der Waals surface area contributed by atoms with Crippen LogP contribution in [0.25, 0.3) is 0 Å². The van der Waals surface area contributed by atoms with Crippen molar-refractivity contribution in [2.45, 2.75) is 6.42 Å². The monoisotopic (exact) mass is 187 g/mol. The van der Waals surface area contributed by atoms with Crippen LogP contribution in [0.2, 0.25) is 0 Å². The molecule has 0 aliphatic carbocycles. The van der Waals surface area contributed by atoms with E-state index in [1.807, 2.05) is 37.2 Å². The van der Waals surface area contributed by atoms with Crippen molar-refractivity contribution in [1.29, 1.82) is 0 Å². The summed E-state index contributed by atoms with van der Waals surface area (Å²) >= 11 is 0. The molecule has 0 amide bonds. The lowest BCUT2D eigenvalue weighted by molar-refractivity contribution is 0.0998. The van der Waals surface area contributed by atoms with Crippen LogP contribution in [0.3, 0.4) is 0 Å². The van der Waals surface area contributed by atoms with Gasteiger partial charge in [-0.05, 0) is 12.1 Å². The first-order valence-electron chi connectivity index (χ1n) is 4.39. The number of benzene rings is 1. The summed E-state index contributed by atoms with van der Waals surface area (Å²) < 4.78 is 0. The van der Waals surface area contributed by atoms with Gasteiger partial charge >= 0.3 is 0 Å². The van der Waals surface area contributed by atoms with Crippen LogP contribution >= 0.6 is 0 Å². The second-order valence-corrected chi connectivity index (χ2v) is 3.25. The van der Waals surface area contributed by atoms with Crippen molar-refractivity contribution >= 4 is 11.5 Å². The van der Waals surface area contributed by atoms with E-state index < -0.39 is 0 Å². The van der Waals surface area contributed by atoms with Gasteiger partial charge in [0.25, 0.3) is 0 Å². The predicted molar refractivity (Wildman–Crippen MR) is 58.5 cm³/mol. The number of hydrogen-bond acceptors (Lipinski definition) is 2. The fraction of sp³-hybridized carbons (Fsp3) is 0.250. The molecule has 0 saturated carbocycles. The molecule has 0 unspecified atom stereocenters. The van der Waals surface area contributed by atoms with Gasteiger partial charge in [-0.1, -0.05) is 18.1 Å². The van der Waals surface area contributed by atoms with Crippen molar-refractivity contribution in [2.24, 2.45) is 0 Å². The van der Waals surface area contributed by atoms with Gasteiger partial charge in [0.05, 0.1) is 6.42 Å². The Bertz CT molecular complexity index is 374. The quantitative estimate of drug-likeness (QED) is 0.532. The number of carbonyl (C=O) groups is 1. The molecular weight excluding hydrogens is 174 g/mol. The van der Waals surface area contributed by atoms with Gasteiger partial charge in [0.15, 0.2) is 5.78 Å². The molecule has 0 bridgehead atoms. The summed E-state index contributed by atoms with van der Waals surface area (Å²) in [6, 6.07) is 7.44. The van der Waals surface area contributed by atoms with Crippen LogP contribution < -0.4 is 4.90 Å². The van der Waals surface area contributed by atoms with Crippen molar-refractivity contribution in [3.8, 4) is 12.3 Å². The maximum Gasteiger partial charge on any atom is 0.174 e. The largest absolute Gasteiger partial charge is 0.378 e. The molecule has 0 radical (unpaired) electrons. The molecule has 0 atom stereocenters. The molecule has 0 aromatic heterocycles. The lowest BCUT2D eigenvalue weighted by Gasteiger charge is -2.12. The highest BCUT2D eigenvalue weighted by Crippen LogP contribution is 2.14. The Labute approximate surface area is 84.5 Å². The molecule has 2 heteroatoms. The molecule has 72 valence electrons. The molecular formula is C12H13NO. The first-order chi connectivity index (χ1) is 6.65. The number of nitrogens with zero attached hydrogens (tertiary/aromatic N) is 1. The van der Waals surface area contributed by atoms with Crippen molar-refractivity contribution in [3.05, 3.63) is 29.8 Å². The van der Waals surface area contributed by atoms with E-state index in [-0.39, 0.29) is 12.2 Å². The smallest absolute Gasteiger partial charge is 0.174 e. The Kier molecular flexibility index (Phi) is 3.30. The van der Waals surface area contributed by atoms with Crippen LogP contribution in [0, 0.1) is 12.3 Å². The Balaban J connectivity index is 2.95. The molecule has 0 N–H and O–H groups in total. The number of carbonyl (C=O) groups excluding carboxylic acids is 1. The summed E-state index contributed by atoms with van der Waals surface area (Å²) in [5.41, 5.74) is 1.68. The zero-order valence-electron chi connectivity index (χ0n) is 8.45. The average Bonchev–Trinajstić information content (AvgIpc) is 2.18. The van der Waals surface area contributed by atoms with Gasteiger partial charge in [0, 0.05) is 25.3 Å². The average molecular weight is 187 g/mol. The van der Waals surface area contributed by atoms with Crippen LogP contribution in [-0.4, -0.2) is 19.9 Å². The summed E-state index contributed by atoms with van der Waals surface area (Å²) in [5.74, 6) is 2.35. The normalized spacial score (nSPS) is 9.21. The van der Waals surface area contributed by atoms with E-state index in [0.29, 0.717) is 5.56 Å². The van der Waals surface area contributed by atoms with Gasteiger partial charge in [-0.25, -0.2) is 0 Å². The highest BCUT2D eigenvalue weighted by Gasteiger charge is 2.04. The Morgan fingerprint density at radius 2 is 2.21 bits per heavy atom. The van der Waals surface area contributed by atoms with E-state index in [0.717, 1.165) is 5.69 Å². The molecule has 1 aromatic rings. The van der Waals surface area contributed by atoms with Crippen molar-refractivity contribution < 1.29 is 4.79 Å². The molecule has 2 nitrogen and oxygen atoms in total. The summed E-state index contributed by atoms with van der Waals surface area (Å²) in [6.45, 7) is 0. The standard InChI is InChI=1S/C12H13NO/c1-4-6-12(14)10-7-5-8-11(9-10)13(2)3/h1,5,7-9H,6H2,2-3H3. The van der Waals surface area contributed by atoms with Crippen LogP contribution in [0.15, 0.2) is 24.3 Å². The van der Waals surface area contributed by atoms with Crippen molar-refractivity contribution in [1.82, 2.24) is 0 Å². The van der Waals surface area contributed by atoms with Gasteiger partial charge in [-0.15, -0.1) is 6.42 Å². The lowest BCUT2D eigenvalue weighted by Crippen LogP contribution is -2.09. The van der Waals surface area contributed by atoms with E-state index in [4.69, 9.17) is 6.42 Å². The SMILES string of the molecule is C#CCC(=O)c1cccc(N(C)C)c1. The van der Waals surface area contributed by atoms with Gasteiger partial charge < -0.3 is 4.90 Å². The molecule has 1 aromatic carbocycles. The maximum atomic E-state index is 11.5. The molecule has 0 spiro atoms. The minimum absolute atomic E-state index is 0.00352. The van der Waals surface area contributed by atoms with Crippen LogP contribution in [0.4, 0.5) is 5.69 Å². The Morgan fingerprint density at radius 3 is 2.79 bits per heavy atom. The van der Waals surface area contributed by atoms with Gasteiger partial charge in [0.2, 0.25) is 0 Å². The summed E-state index contributed by atoms with van der Waals surface area (Å²) in [5, 5.41) is 0. The molecule has 0 aliphatic heterocycles. The molecule has 1 rings (SSSR count). The topological polar surface area (TPSA) is 20.3 Å². The van der Waals surface area contributed by atoms with Crippen LogP contribution in [0.5, 0.6) is 0 Å². The van der Waals surface area contributed by atoms with Gasteiger partial charge in [-0.2, -0.15) is 0 Å². The highest BCUT2D eigenvalue weighted by atomic mass is 16.1. The number of ketones is 1. The minimum Gasteiger partial charge on any atom is -0.378 e. The van der Waals surface area contributed by atoms with Crippen molar-refractivity contribution in [3.63, 3.8) is 0 Å². The van der Waals surface area contributed by atoms with Crippen molar-refractivity contribution in [2.75, 3.05) is 19.0 Å². The maximum absolute atomic E-state index is 11.5. The Hall–Kier alpha value is -1.75. The summed E-state index contributed by atoms with van der Waals surface area (Å²) in [4.78, 5) is 13.4. The fourth-order valence-corrected chi connectivity index (χ4v) is 1.15. The number of rotatable bonds is 3. The third kappa shape index (κ3) is 2.37. The van der Waals surface area contributed by atoms with Crippen LogP contribution in [-0.2, 0) is 0 Å². The van der Waals surface area contributed by atoms with E-state index in [2.05, 4.69) is 5.92 Å². The molecule has 0 aliphatic rings. The minimum atomic E-state index is -0.00352. The summed E-state index contributed by atoms with van der Waals surface area (Å²) in [6.07, 6.45) is 5.25. The molecule has 0 saturated heterocycles. The third-order valence-corrected chi connectivity index (χ3v) is 1.95. The zero-order valence-corrected chi connectivity index (χ0v) is 8.45. The third-order valence-electron chi connectivity index (χ3n) is 1.95. The number of Topliss-reactive ketones (excluding diaryl/α,β-unsaturated/α-hetero) is 1. The van der Waals surface area contributed by atoms with E-state index in [9.17, 15) is 4.79 Å². The van der Waals surface area contributed by atoms with E-state index in [1.165, 1.54) is 0 Å². The van der Waals surface area contributed by atoms with Crippen LogP contribution in [0.1, 0.15) is 16.8 Å². The summed E-state index contributed by atoms with van der Waals surface area (Å²) in [7, 11) is 3.87. The van der Waals surface area contributed by atoms with Gasteiger partial charge in [0.1, 0.15) is 0 Å². The number of anilines is 1. The Morgan fingerprint density at radius 1 is 1.50 bits per heavy atom. The predicted octanol–water partition coefficient (Wildman–Crippen LogP) is 1.96. The lowest BCUT2D eigenvalue weighted by atomic mass is 10.1. The highest BCUT2D eigenvalue weighted by molar-refractivity contribution is 5.98. The second-order valence-electron chi connectivity index (χ2n) is 3.25. The fourth-order valence-electron chi connectivity index (χ4n) is 1.15. The first-order valence-corrected chi connectivity index (χ1v) is 4.39. The molecule has 0 fully saturated rings. The molecule has 0 heterocycles. The number of hydrogen-bond donors (Lipinski definition) is 0. The first kappa shape index (κ1) is 10.3.